The normalized spacial score (nSPS) is 19.1. The van der Waals surface area contributed by atoms with Gasteiger partial charge in [0.05, 0.1) is 0 Å². The lowest BCUT2D eigenvalue weighted by molar-refractivity contribution is 0.328. The monoisotopic (exact) mass is 267 g/mol. The van der Waals surface area contributed by atoms with E-state index >= 15 is 0 Å². The van der Waals surface area contributed by atoms with Crippen molar-refractivity contribution < 1.29 is 8.78 Å². The summed E-state index contributed by atoms with van der Waals surface area (Å²) in [5, 5.41) is 3.45. The first-order valence-electron chi connectivity index (χ1n) is 7.40. The summed E-state index contributed by atoms with van der Waals surface area (Å²) in [6, 6.07) is 4.47. The zero-order chi connectivity index (χ0) is 13.7. The molecule has 1 nitrogen and oxygen atoms in total. The van der Waals surface area contributed by atoms with Gasteiger partial charge in [-0.3, -0.25) is 0 Å². The lowest BCUT2D eigenvalue weighted by atomic mass is 9.87. The summed E-state index contributed by atoms with van der Waals surface area (Å²) in [6.45, 7) is 2.91. The van der Waals surface area contributed by atoms with Gasteiger partial charge in [0.25, 0.3) is 0 Å². The van der Waals surface area contributed by atoms with Crippen molar-refractivity contribution in [1.29, 1.82) is 0 Å². The predicted octanol–water partition coefficient (Wildman–Crippen LogP) is 4.59. The smallest absolute Gasteiger partial charge is 0.159 e. The minimum atomic E-state index is -0.764. The van der Waals surface area contributed by atoms with Gasteiger partial charge in [0.15, 0.2) is 11.6 Å². The zero-order valence-electron chi connectivity index (χ0n) is 11.6. The molecule has 1 aliphatic rings. The summed E-state index contributed by atoms with van der Waals surface area (Å²) in [4.78, 5) is 0. The molecule has 1 saturated carbocycles. The third kappa shape index (κ3) is 3.75. The van der Waals surface area contributed by atoms with Crippen molar-refractivity contribution in [2.75, 3.05) is 6.54 Å². The number of halogens is 2. The van der Waals surface area contributed by atoms with Crippen LogP contribution in [0.1, 0.15) is 57.1 Å². The average Bonchev–Trinajstić information content (AvgIpc) is 2.68. The number of rotatable bonds is 4. The first-order valence-corrected chi connectivity index (χ1v) is 7.40. The third-order valence-electron chi connectivity index (χ3n) is 4.10. The molecule has 0 amide bonds. The quantitative estimate of drug-likeness (QED) is 0.787. The van der Waals surface area contributed by atoms with Gasteiger partial charge in [0.2, 0.25) is 0 Å². The molecule has 0 bridgehead atoms. The highest BCUT2D eigenvalue weighted by Gasteiger charge is 2.24. The first-order chi connectivity index (χ1) is 9.22. The van der Waals surface area contributed by atoms with Crippen LogP contribution in [-0.2, 0) is 0 Å². The van der Waals surface area contributed by atoms with Crippen LogP contribution in [0, 0.1) is 17.6 Å². The van der Waals surface area contributed by atoms with Gasteiger partial charge in [0.1, 0.15) is 0 Å². The van der Waals surface area contributed by atoms with E-state index in [0.717, 1.165) is 12.1 Å². The Morgan fingerprint density at radius 3 is 2.37 bits per heavy atom. The maximum absolute atomic E-state index is 13.4. The molecule has 0 aliphatic heterocycles. The topological polar surface area (TPSA) is 12.0 Å². The Balaban J connectivity index is 2.19. The summed E-state index contributed by atoms with van der Waals surface area (Å²) in [6.07, 6.45) is 7.44. The molecule has 0 spiro atoms. The molecule has 1 aromatic rings. The Kier molecular flexibility index (Phi) is 5.32. The fourth-order valence-corrected chi connectivity index (χ4v) is 3.13. The zero-order valence-corrected chi connectivity index (χ0v) is 11.6. The number of benzene rings is 1. The fraction of sp³-hybridized carbons (Fsp3) is 0.625. The average molecular weight is 267 g/mol. The molecular formula is C16H23F2N. The molecule has 3 heteroatoms. The maximum atomic E-state index is 13.4. The van der Waals surface area contributed by atoms with Crippen molar-refractivity contribution in [3.8, 4) is 0 Å². The molecule has 1 unspecified atom stereocenters. The van der Waals surface area contributed by atoms with Gasteiger partial charge in [-0.05, 0) is 43.0 Å². The first kappa shape index (κ1) is 14.4. The van der Waals surface area contributed by atoms with Gasteiger partial charge < -0.3 is 5.32 Å². The largest absolute Gasteiger partial charge is 0.310 e. The minimum absolute atomic E-state index is 0.151. The Hall–Kier alpha value is -0.960. The Morgan fingerprint density at radius 2 is 1.79 bits per heavy atom. The van der Waals surface area contributed by atoms with E-state index in [1.807, 2.05) is 0 Å². The molecule has 19 heavy (non-hydrogen) atoms. The summed E-state index contributed by atoms with van der Waals surface area (Å²) in [7, 11) is 0. The van der Waals surface area contributed by atoms with E-state index in [1.54, 1.807) is 6.07 Å². The molecule has 0 aromatic heterocycles. The number of hydrogen-bond donors (Lipinski definition) is 1. The standard InChI is InChI=1S/C16H23F2N/c1-2-19-16(12-7-5-3-4-6-8-12)13-9-10-14(17)15(18)11-13/h9-12,16,19H,2-8H2,1H3. The summed E-state index contributed by atoms with van der Waals surface area (Å²) in [5.74, 6) is -0.971. The van der Waals surface area contributed by atoms with Crippen LogP contribution >= 0.6 is 0 Å². The minimum Gasteiger partial charge on any atom is -0.310 e. The number of nitrogens with one attached hydrogen (secondary N) is 1. The lowest BCUT2D eigenvalue weighted by Gasteiger charge is -2.27. The molecule has 2 rings (SSSR count). The summed E-state index contributed by atoms with van der Waals surface area (Å²) in [5.41, 5.74) is 0.882. The van der Waals surface area contributed by atoms with Crippen LogP contribution < -0.4 is 5.32 Å². The van der Waals surface area contributed by atoms with E-state index in [2.05, 4.69) is 12.2 Å². The summed E-state index contributed by atoms with van der Waals surface area (Å²) < 4.78 is 26.5. The molecule has 106 valence electrons. The Morgan fingerprint density at radius 1 is 1.11 bits per heavy atom. The van der Waals surface area contributed by atoms with Crippen molar-refractivity contribution in [1.82, 2.24) is 5.32 Å². The summed E-state index contributed by atoms with van der Waals surface area (Å²) >= 11 is 0. The van der Waals surface area contributed by atoms with Crippen molar-refractivity contribution >= 4 is 0 Å². The van der Waals surface area contributed by atoms with Crippen LogP contribution in [0.3, 0.4) is 0 Å². The molecule has 0 heterocycles. The molecule has 1 atom stereocenters. The van der Waals surface area contributed by atoms with Crippen LogP contribution in [0.2, 0.25) is 0 Å². The van der Waals surface area contributed by atoms with E-state index < -0.39 is 11.6 Å². The van der Waals surface area contributed by atoms with E-state index in [9.17, 15) is 8.78 Å². The number of hydrogen-bond acceptors (Lipinski definition) is 1. The van der Waals surface area contributed by atoms with E-state index in [1.165, 1.54) is 50.7 Å². The van der Waals surface area contributed by atoms with Gasteiger partial charge >= 0.3 is 0 Å². The second-order valence-electron chi connectivity index (χ2n) is 5.46. The van der Waals surface area contributed by atoms with Crippen LogP contribution in [0.15, 0.2) is 18.2 Å². The van der Waals surface area contributed by atoms with E-state index in [0.29, 0.717) is 5.92 Å². The molecule has 1 N–H and O–H groups in total. The highest BCUT2D eigenvalue weighted by Crippen LogP contribution is 2.33. The second kappa shape index (κ2) is 6.99. The predicted molar refractivity (Wildman–Crippen MR) is 74.0 cm³/mol. The van der Waals surface area contributed by atoms with Crippen LogP contribution in [0.4, 0.5) is 8.78 Å². The van der Waals surface area contributed by atoms with Crippen LogP contribution in [0.25, 0.3) is 0 Å². The molecule has 0 saturated heterocycles. The SMILES string of the molecule is CCNC(c1ccc(F)c(F)c1)C1CCCCCC1. The maximum Gasteiger partial charge on any atom is 0.159 e. The molecule has 1 aromatic carbocycles. The van der Waals surface area contributed by atoms with Crippen molar-refractivity contribution in [3.05, 3.63) is 35.4 Å². The Bertz CT molecular complexity index is 398. The van der Waals surface area contributed by atoms with Crippen LogP contribution in [-0.4, -0.2) is 6.54 Å². The van der Waals surface area contributed by atoms with Gasteiger partial charge in [-0.15, -0.1) is 0 Å². The van der Waals surface area contributed by atoms with Gasteiger partial charge in [-0.25, -0.2) is 8.78 Å². The molecule has 0 radical (unpaired) electrons. The highest BCUT2D eigenvalue weighted by molar-refractivity contribution is 5.22. The fourth-order valence-electron chi connectivity index (χ4n) is 3.13. The Labute approximate surface area is 114 Å². The van der Waals surface area contributed by atoms with Gasteiger partial charge in [-0.2, -0.15) is 0 Å². The van der Waals surface area contributed by atoms with Crippen molar-refractivity contribution in [2.45, 2.75) is 51.5 Å². The lowest BCUT2D eigenvalue weighted by Crippen LogP contribution is -2.28. The second-order valence-corrected chi connectivity index (χ2v) is 5.46. The molecule has 1 aliphatic carbocycles. The van der Waals surface area contributed by atoms with Crippen molar-refractivity contribution in [2.24, 2.45) is 5.92 Å². The van der Waals surface area contributed by atoms with Gasteiger partial charge in [0, 0.05) is 6.04 Å². The molecule has 1 fully saturated rings. The van der Waals surface area contributed by atoms with E-state index in [-0.39, 0.29) is 6.04 Å². The van der Waals surface area contributed by atoms with Gasteiger partial charge in [-0.1, -0.05) is 38.7 Å². The van der Waals surface area contributed by atoms with Crippen molar-refractivity contribution in [3.63, 3.8) is 0 Å². The van der Waals surface area contributed by atoms with Crippen LogP contribution in [0.5, 0.6) is 0 Å². The van der Waals surface area contributed by atoms with E-state index in [4.69, 9.17) is 0 Å². The third-order valence-corrected chi connectivity index (χ3v) is 4.10. The highest BCUT2D eigenvalue weighted by atomic mass is 19.2. The molecular weight excluding hydrogens is 244 g/mol.